The van der Waals surface area contributed by atoms with E-state index in [9.17, 15) is 4.39 Å². The van der Waals surface area contributed by atoms with Crippen molar-refractivity contribution in [2.75, 3.05) is 5.09 Å². The van der Waals surface area contributed by atoms with Crippen LogP contribution in [0, 0.1) is 11.3 Å². The van der Waals surface area contributed by atoms with Gasteiger partial charge in [-0.15, -0.1) is 0 Å². The highest BCUT2D eigenvalue weighted by Crippen LogP contribution is 2.45. The summed E-state index contributed by atoms with van der Waals surface area (Å²) in [5.74, 6) is -0.467. The third-order valence-corrected chi connectivity index (χ3v) is 7.53. The molecule has 0 bridgehead atoms. The summed E-state index contributed by atoms with van der Waals surface area (Å²) in [4.78, 5) is 0. The maximum atomic E-state index is 14.3. The zero-order valence-electron chi connectivity index (χ0n) is 19.7. The van der Waals surface area contributed by atoms with E-state index in [2.05, 4.69) is 94.4 Å². The lowest BCUT2D eigenvalue weighted by molar-refractivity contribution is 0.401. The Labute approximate surface area is 222 Å². The van der Waals surface area contributed by atoms with Crippen LogP contribution in [0.3, 0.4) is 0 Å². The van der Waals surface area contributed by atoms with E-state index in [1.165, 1.54) is 17.6 Å². The first-order valence-corrected chi connectivity index (χ1v) is 15.8. The average molecular weight is 594 g/mol. The molecule has 4 rings (SSSR count). The molecule has 0 aromatic heterocycles. The Morgan fingerprint density at radius 2 is 1.71 bits per heavy atom. The molecule has 1 aliphatic rings. The molecule has 5 heteroatoms. The van der Waals surface area contributed by atoms with Crippen LogP contribution in [0.2, 0.25) is 0 Å². The quantitative estimate of drug-likeness (QED) is 0.0836. The summed E-state index contributed by atoms with van der Waals surface area (Å²) in [6.45, 7) is 5.92. The molecule has 0 spiro atoms. The summed E-state index contributed by atoms with van der Waals surface area (Å²) >= 11 is 2.22. The smallest absolute Gasteiger partial charge is 0.214 e. The highest BCUT2D eigenvalue weighted by atomic mass is 127. The van der Waals surface area contributed by atoms with Crippen molar-refractivity contribution in [3.8, 4) is 0 Å². The number of benzene rings is 3. The predicted molar refractivity (Wildman–Crippen MR) is 160 cm³/mol. The van der Waals surface area contributed by atoms with Crippen molar-refractivity contribution in [2.45, 2.75) is 26.2 Å². The monoisotopic (exact) mass is 594 g/mol. The van der Waals surface area contributed by atoms with Gasteiger partial charge in [0, 0.05) is 12.1 Å². The Kier molecular flexibility index (Phi) is 8.69. The molecule has 1 saturated carbocycles. The van der Waals surface area contributed by atoms with E-state index in [1.54, 1.807) is 0 Å². The Balaban J connectivity index is 1.94. The lowest BCUT2D eigenvalue weighted by atomic mass is 9.73. The number of hydrogen-bond acceptors (Lipinski definition) is 2. The van der Waals surface area contributed by atoms with Gasteiger partial charge in [-0.25, -0.2) is 0 Å². The van der Waals surface area contributed by atoms with Crippen LogP contribution in [0.15, 0.2) is 91.0 Å². The Morgan fingerprint density at radius 3 is 2.29 bits per heavy atom. The van der Waals surface area contributed by atoms with Gasteiger partial charge in [0.1, 0.15) is 0 Å². The molecule has 1 atom stereocenters. The van der Waals surface area contributed by atoms with Crippen molar-refractivity contribution in [1.29, 1.82) is 5.41 Å². The van der Waals surface area contributed by atoms with Gasteiger partial charge in [0.05, 0.1) is 5.56 Å². The summed E-state index contributed by atoms with van der Waals surface area (Å²) in [5.41, 5.74) is 8.70. The van der Waals surface area contributed by atoms with Gasteiger partial charge in [0.25, 0.3) is 0 Å². The molecule has 1 aliphatic carbocycles. The predicted octanol–water partition coefficient (Wildman–Crippen LogP) is 9.69. The normalized spacial score (nSPS) is 14.7. The van der Waals surface area contributed by atoms with E-state index in [0.29, 0.717) is 23.5 Å². The number of hydrogen-bond donors (Lipinski definition) is 2. The molecule has 2 nitrogen and oxygen atoms in total. The lowest BCUT2D eigenvalue weighted by Crippen LogP contribution is -2.15. The van der Waals surface area contributed by atoms with Gasteiger partial charge in [0.2, 0.25) is 5.97 Å². The zero-order chi connectivity index (χ0) is 24.8. The van der Waals surface area contributed by atoms with Gasteiger partial charge in [-0.1, -0.05) is 91.4 Å². The van der Waals surface area contributed by atoms with Crippen LogP contribution in [0.4, 0.5) is 10.1 Å². The van der Waals surface area contributed by atoms with Crippen LogP contribution in [-0.2, 0) is 0 Å². The lowest BCUT2D eigenvalue weighted by Gasteiger charge is -2.32. The molecular formula is C30H29FIN2P. The third kappa shape index (κ3) is 6.17. The second-order valence-corrected chi connectivity index (χ2v) is 10.9. The Bertz CT molecular complexity index is 1280. The highest BCUT2D eigenvalue weighted by Gasteiger charge is 2.27. The summed E-state index contributed by atoms with van der Waals surface area (Å²) in [7, 11) is 0. The van der Waals surface area contributed by atoms with Crippen LogP contribution >= 0.6 is 28.4 Å². The molecule has 35 heavy (non-hydrogen) atoms. The molecule has 0 saturated heterocycles. The first-order valence-electron chi connectivity index (χ1n) is 11.7. The number of halogens is 2. The Morgan fingerprint density at radius 1 is 1.03 bits per heavy atom. The van der Waals surface area contributed by atoms with Gasteiger partial charge >= 0.3 is 0 Å². The topological polar surface area (TPSA) is 35.9 Å². The van der Waals surface area contributed by atoms with Crippen molar-refractivity contribution >= 4 is 57.3 Å². The third-order valence-electron chi connectivity index (χ3n) is 6.35. The van der Waals surface area contributed by atoms with Crippen LogP contribution in [0.1, 0.15) is 54.0 Å². The van der Waals surface area contributed by atoms with E-state index in [0.717, 1.165) is 40.7 Å². The molecule has 0 amide bonds. The molecule has 178 valence electrons. The Hall–Kier alpha value is -2.56. The fourth-order valence-corrected chi connectivity index (χ4v) is 5.61. The molecule has 0 radical (unpaired) electrons. The zero-order valence-corrected chi connectivity index (χ0v) is 22.9. The van der Waals surface area contributed by atoms with Crippen molar-refractivity contribution in [3.05, 3.63) is 119 Å². The van der Waals surface area contributed by atoms with Crippen LogP contribution < -0.4 is 5.09 Å². The fraction of sp³-hybridized carbons (Fsp3) is 0.167. The summed E-state index contributed by atoms with van der Waals surface area (Å²) in [5, 5.41) is 11.0. The second kappa shape index (κ2) is 11.9. The average Bonchev–Trinajstić information content (AvgIpc) is 2.83. The number of anilines is 1. The first kappa shape index (κ1) is 25.5. The SMILES string of the molecule is C=C(C)/C=C/c1ccc(/C(=C(\c2ccccc2)C2CCC2)c2ccc(NPI)c(C(=N)F)c2)cc1. The fourth-order valence-electron chi connectivity index (χ4n) is 4.42. The minimum absolute atomic E-state index is 0.297. The van der Waals surface area contributed by atoms with E-state index >= 15 is 0 Å². The number of rotatable bonds is 9. The highest BCUT2D eigenvalue weighted by molar-refractivity contribution is 14.2. The van der Waals surface area contributed by atoms with Crippen molar-refractivity contribution in [2.24, 2.45) is 5.92 Å². The molecule has 0 heterocycles. The van der Waals surface area contributed by atoms with Crippen molar-refractivity contribution < 1.29 is 4.39 Å². The largest absolute Gasteiger partial charge is 0.358 e. The van der Waals surface area contributed by atoms with E-state index < -0.39 is 5.97 Å². The van der Waals surface area contributed by atoms with E-state index in [-0.39, 0.29) is 0 Å². The molecule has 0 aliphatic heterocycles. The molecule has 2 N–H and O–H groups in total. The second-order valence-electron chi connectivity index (χ2n) is 8.88. The molecule has 1 unspecified atom stereocenters. The van der Waals surface area contributed by atoms with Gasteiger partial charge < -0.3 is 5.09 Å². The standard InChI is InChI=1S/C30H29FIN2P/c1-20(2)11-12-21-13-15-24(16-14-21)29(25-17-18-27(34-35-32)26(19-25)30(31)33)28(23-9-6-10-23)22-7-4-3-5-8-22/h3-5,7-8,11-19,23,33-35H,1,6,9-10H2,2H3/b12-11+,29-28-,33-30?. The maximum absolute atomic E-state index is 14.3. The van der Waals surface area contributed by atoms with Gasteiger partial charge in [-0.05, 0) is 93.3 Å². The van der Waals surface area contributed by atoms with E-state index in [1.807, 2.05) is 31.2 Å². The minimum Gasteiger partial charge on any atom is -0.358 e. The number of allylic oxidation sites excluding steroid dienone is 3. The maximum Gasteiger partial charge on any atom is 0.214 e. The van der Waals surface area contributed by atoms with Crippen molar-refractivity contribution in [1.82, 2.24) is 0 Å². The van der Waals surface area contributed by atoms with Crippen molar-refractivity contribution in [3.63, 3.8) is 0 Å². The minimum atomic E-state index is -0.923. The summed E-state index contributed by atoms with van der Waals surface area (Å²) in [6.07, 6.45) is 7.98. The van der Waals surface area contributed by atoms with Gasteiger partial charge in [-0.2, -0.15) is 4.39 Å². The van der Waals surface area contributed by atoms with E-state index in [4.69, 9.17) is 5.41 Å². The van der Waals surface area contributed by atoms with Crippen LogP contribution in [-0.4, -0.2) is 5.97 Å². The van der Waals surface area contributed by atoms with Gasteiger partial charge in [-0.3, -0.25) is 5.41 Å². The van der Waals surface area contributed by atoms with Crippen LogP contribution in [0.5, 0.6) is 0 Å². The van der Waals surface area contributed by atoms with Crippen LogP contribution in [0.25, 0.3) is 17.2 Å². The summed E-state index contributed by atoms with van der Waals surface area (Å²) < 4.78 is 14.3. The summed E-state index contributed by atoms with van der Waals surface area (Å²) in [6, 6.07) is 24.8. The molecular weight excluding hydrogens is 565 g/mol. The molecule has 1 fully saturated rings. The molecule has 3 aromatic rings. The molecule has 3 aromatic carbocycles. The first-order chi connectivity index (χ1) is 17.0. The van der Waals surface area contributed by atoms with Gasteiger partial charge in [0.15, 0.2) is 0 Å². The number of nitrogens with one attached hydrogen (secondary N) is 2.